The second-order valence-corrected chi connectivity index (χ2v) is 9.54. The van der Waals surface area contributed by atoms with Crippen molar-refractivity contribution >= 4 is 29.1 Å². The van der Waals surface area contributed by atoms with Gasteiger partial charge in [-0.3, -0.25) is 14.5 Å². The minimum absolute atomic E-state index is 0.143. The summed E-state index contributed by atoms with van der Waals surface area (Å²) in [5.74, 6) is -1.90. The fraction of sp³-hybridized carbons (Fsp3) is 0.280. The smallest absolute Gasteiger partial charge is 0.336 e. The number of hydrogen-bond donors (Lipinski definition) is 1. The number of aromatic amines is 1. The van der Waals surface area contributed by atoms with E-state index in [1.807, 2.05) is 4.90 Å². The molecule has 0 bridgehead atoms. The Labute approximate surface area is 214 Å². The van der Waals surface area contributed by atoms with Gasteiger partial charge in [0.2, 0.25) is 5.56 Å². The van der Waals surface area contributed by atoms with Crippen LogP contribution < -0.4 is 5.56 Å². The summed E-state index contributed by atoms with van der Waals surface area (Å²) in [7, 11) is 1.76. The van der Waals surface area contributed by atoms with Gasteiger partial charge in [0.15, 0.2) is 0 Å². The van der Waals surface area contributed by atoms with Crippen LogP contribution in [0, 0.1) is 5.82 Å². The Morgan fingerprint density at radius 3 is 2.47 bits per heavy atom. The molecule has 11 heteroatoms. The molecular weight excluding hydrogens is 521 g/mol. The van der Waals surface area contributed by atoms with Crippen LogP contribution in [0.3, 0.4) is 0 Å². The standard InChI is InChI=1S/C25H21Cl2F4N3O2/c1-33(11-14-2-4-18(21(28)8-14)25(29,30)31)22-13-34(24(36)16-6-7-32-23(35)10-16)12-17(22)15-3-5-19(26)20(27)9-15/h2-10,17,22H,11-13H2,1H3,(H,32,35)/t17-,22+/m1/s1. The molecule has 0 spiro atoms. The van der Waals surface area contributed by atoms with Crippen molar-refractivity contribution in [2.45, 2.75) is 24.7 Å². The minimum atomic E-state index is -4.78. The van der Waals surface area contributed by atoms with Crippen LogP contribution in [-0.2, 0) is 12.7 Å². The van der Waals surface area contributed by atoms with E-state index in [0.717, 1.165) is 17.7 Å². The van der Waals surface area contributed by atoms with Gasteiger partial charge in [0, 0.05) is 49.4 Å². The number of carbonyl (C=O) groups excluding carboxylic acids is 1. The van der Waals surface area contributed by atoms with Gasteiger partial charge in [0.1, 0.15) is 5.82 Å². The zero-order valence-electron chi connectivity index (χ0n) is 19.0. The third kappa shape index (κ3) is 5.58. The molecule has 1 fully saturated rings. The molecule has 2 aromatic carbocycles. The first-order valence-electron chi connectivity index (χ1n) is 10.9. The van der Waals surface area contributed by atoms with Crippen molar-refractivity contribution in [1.29, 1.82) is 0 Å². The van der Waals surface area contributed by atoms with Crippen LogP contribution in [0.5, 0.6) is 0 Å². The first-order chi connectivity index (χ1) is 16.9. The van der Waals surface area contributed by atoms with Crippen LogP contribution in [0.4, 0.5) is 17.6 Å². The first kappa shape index (κ1) is 26.2. The fourth-order valence-corrected chi connectivity index (χ4v) is 4.83. The number of aromatic nitrogens is 1. The monoisotopic (exact) mass is 541 g/mol. The summed E-state index contributed by atoms with van der Waals surface area (Å²) in [5, 5.41) is 0.722. The van der Waals surface area contributed by atoms with E-state index < -0.39 is 23.1 Å². The Balaban J connectivity index is 1.62. The van der Waals surface area contributed by atoms with Crippen molar-refractivity contribution in [3.63, 3.8) is 0 Å². The maximum Gasteiger partial charge on any atom is 0.419 e. The lowest BCUT2D eigenvalue weighted by atomic mass is 9.93. The van der Waals surface area contributed by atoms with Crippen LogP contribution >= 0.6 is 23.2 Å². The van der Waals surface area contributed by atoms with E-state index in [2.05, 4.69) is 4.98 Å². The number of nitrogens with one attached hydrogen (secondary N) is 1. The van der Waals surface area contributed by atoms with Crippen LogP contribution in [0.15, 0.2) is 59.5 Å². The molecule has 3 aromatic rings. The highest BCUT2D eigenvalue weighted by Crippen LogP contribution is 2.36. The number of likely N-dealkylation sites (tertiary alicyclic amines) is 1. The fourth-order valence-electron chi connectivity index (χ4n) is 4.52. The van der Waals surface area contributed by atoms with Crippen molar-refractivity contribution in [2.75, 3.05) is 20.1 Å². The van der Waals surface area contributed by atoms with Crippen LogP contribution in [-0.4, -0.2) is 46.9 Å². The van der Waals surface area contributed by atoms with E-state index in [9.17, 15) is 27.2 Å². The SMILES string of the molecule is CN(Cc1ccc(C(F)(F)F)c(F)c1)[C@H]1CN(C(=O)c2cc[nH]c(=O)c2)C[C@@H]1c1ccc(Cl)c(Cl)c1. The van der Waals surface area contributed by atoms with E-state index >= 15 is 0 Å². The van der Waals surface area contributed by atoms with Crippen LogP contribution in [0.25, 0.3) is 0 Å². The number of pyridine rings is 1. The average molecular weight is 542 g/mol. The van der Waals surface area contributed by atoms with Gasteiger partial charge >= 0.3 is 6.18 Å². The van der Waals surface area contributed by atoms with Gasteiger partial charge in [-0.05, 0) is 48.5 Å². The summed E-state index contributed by atoms with van der Waals surface area (Å²) in [6.07, 6.45) is -3.39. The first-order valence-corrected chi connectivity index (χ1v) is 11.7. The molecule has 1 aromatic heterocycles. The Morgan fingerprint density at radius 1 is 1.08 bits per heavy atom. The molecule has 2 atom stereocenters. The molecule has 0 radical (unpaired) electrons. The van der Waals surface area contributed by atoms with E-state index in [0.29, 0.717) is 22.2 Å². The summed E-state index contributed by atoms with van der Waals surface area (Å²) in [6, 6.07) is 10.5. The molecule has 1 N–H and O–H groups in total. The van der Waals surface area contributed by atoms with Gasteiger partial charge < -0.3 is 9.88 Å². The molecule has 190 valence electrons. The topological polar surface area (TPSA) is 56.4 Å². The largest absolute Gasteiger partial charge is 0.419 e. The van der Waals surface area contributed by atoms with Gasteiger partial charge in [-0.25, -0.2) is 4.39 Å². The van der Waals surface area contributed by atoms with Crippen molar-refractivity contribution < 1.29 is 22.4 Å². The Hall–Kier alpha value is -2.88. The molecule has 5 nitrogen and oxygen atoms in total. The second-order valence-electron chi connectivity index (χ2n) is 8.73. The van der Waals surface area contributed by atoms with Gasteiger partial charge in [-0.1, -0.05) is 35.3 Å². The van der Waals surface area contributed by atoms with E-state index in [-0.39, 0.29) is 36.5 Å². The van der Waals surface area contributed by atoms with Crippen LogP contribution in [0.1, 0.15) is 33.0 Å². The summed E-state index contributed by atoms with van der Waals surface area (Å²) in [4.78, 5) is 30.8. The number of alkyl halides is 3. The molecule has 1 aliphatic heterocycles. The number of likely N-dealkylation sites (N-methyl/N-ethyl adjacent to an activating group) is 1. The van der Waals surface area contributed by atoms with Gasteiger partial charge in [-0.15, -0.1) is 0 Å². The molecule has 2 heterocycles. The number of halogens is 6. The number of benzene rings is 2. The highest BCUT2D eigenvalue weighted by atomic mass is 35.5. The number of carbonyl (C=O) groups is 1. The molecule has 1 saturated heterocycles. The predicted octanol–water partition coefficient (Wildman–Crippen LogP) is 5.58. The number of nitrogens with zero attached hydrogens (tertiary/aromatic N) is 2. The van der Waals surface area contributed by atoms with E-state index in [1.165, 1.54) is 24.4 Å². The number of H-pyrrole nitrogens is 1. The third-order valence-corrected chi connectivity index (χ3v) is 7.05. The summed E-state index contributed by atoms with van der Waals surface area (Å²) < 4.78 is 53.0. The normalized spacial score (nSPS) is 18.2. The molecule has 1 amide bonds. The summed E-state index contributed by atoms with van der Waals surface area (Å²) in [5.41, 5.74) is -0.312. The lowest BCUT2D eigenvalue weighted by Gasteiger charge is -2.29. The Morgan fingerprint density at radius 2 is 1.83 bits per heavy atom. The summed E-state index contributed by atoms with van der Waals surface area (Å²) >= 11 is 12.3. The van der Waals surface area contributed by atoms with E-state index in [4.69, 9.17) is 23.2 Å². The Kier molecular flexibility index (Phi) is 7.45. The molecule has 0 unspecified atom stereocenters. The zero-order chi connectivity index (χ0) is 26.2. The lowest BCUT2D eigenvalue weighted by Crippen LogP contribution is -2.38. The van der Waals surface area contributed by atoms with Crippen molar-refractivity contribution in [2.24, 2.45) is 0 Å². The van der Waals surface area contributed by atoms with Crippen molar-refractivity contribution in [1.82, 2.24) is 14.8 Å². The second kappa shape index (κ2) is 10.2. The zero-order valence-corrected chi connectivity index (χ0v) is 20.5. The van der Waals surface area contributed by atoms with Crippen molar-refractivity contribution in [3.8, 4) is 0 Å². The average Bonchev–Trinajstić information content (AvgIpc) is 3.25. The van der Waals surface area contributed by atoms with Gasteiger partial charge in [0.05, 0.1) is 15.6 Å². The Bertz CT molecular complexity index is 1350. The maximum absolute atomic E-state index is 14.1. The highest BCUT2D eigenvalue weighted by Gasteiger charge is 2.39. The summed E-state index contributed by atoms with van der Waals surface area (Å²) in [6.45, 7) is 0.723. The molecule has 1 aliphatic rings. The minimum Gasteiger partial charge on any atom is -0.336 e. The van der Waals surface area contributed by atoms with Crippen molar-refractivity contribution in [3.05, 3.63) is 103 Å². The third-order valence-electron chi connectivity index (χ3n) is 6.31. The molecule has 4 rings (SSSR count). The number of rotatable bonds is 5. The number of hydrogen-bond acceptors (Lipinski definition) is 3. The van der Waals surface area contributed by atoms with Crippen LogP contribution in [0.2, 0.25) is 10.0 Å². The van der Waals surface area contributed by atoms with Gasteiger partial charge in [-0.2, -0.15) is 13.2 Å². The maximum atomic E-state index is 14.1. The lowest BCUT2D eigenvalue weighted by molar-refractivity contribution is -0.140. The molecule has 36 heavy (non-hydrogen) atoms. The quantitative estimate of drug-likeness (QED) is 0.429. The molecular formula is C25H21Cl2F4N3O2. The highest BCUT2D eigenvalue weighted by molar-refractivity contribution is 6.42. The predicted molar refractivity (Wildman–Crippen MR) is 129 cm³/mol. The van der Waals surface area contributed by atoms with Gasteiger partial charge in [0.25, 0.3) is 5.91 Å². The molecule has 0 saturated carbocycles. The van der Waals surface area contributed by atoms with E-state index in [1.54, 1.807) is 30.1 Å². The molecule has 0 aliphatic carbocycles. The number of amides is 1.